The molecule has 1 aliphatic heterocycles. The Balaban J connectivity index is 2.48. The number of hydrogen-bond acceptors (Lipinski definition) is 2. The maximum absolute atomic E-state index is 5.65. The van der Waals surface area contributed by atoms with E-state index < -0.39 is 0 Å². The van der Waals surface area contributed by atoms with Gasteiger partial charge in [0.15, 0.2) is 0 Å². The van der Waals surface area contributed by atoms with E-state index in [9.17, 15) is 0 Å². The highest BCUT2D eigenvalue weighted by molar-refractivity contribution is 5.73. The molecule has 1 heterocycles. The monoisotopic (exact) mass is 251 g/mol. The molecule has 0 aliphatic carbocycles. The first-order valence-corrected chi connectivity index (χ1v) is 6.15. The van der Waals surface area contributed by atoms with Crippen molar-refractivity contribution in [2.45, 2.75) is 13.8 Å². The molecule has 0 aromatic heterocycles. The number of nitrogens with zero attached hydrogens (tertiary/aromatic N) is 1. The Morgan fingerprint density at radius 3 is 2.58 bits per heavy atom. The fourth-order valence-electron chi connectivity index (χ4n) is 2.12. The van der Waals surface area contributed by atoms with E-state index in [1.165, 1.54) is 0 Å². The third-order valence-corrected chi connectivity index (χ3v) is 3.03. The fourth-order valence-corrected chi connectivity index (χ4v) is 2.12. The molecule has 2 rings (SSSR count). The second-order valence-electron chi connectivity index (χ2n) is 4.44. The van der Waals surface area contributed by atoms with Gasteiger partial charge >= 0.3 is 0 Å². The summed E-state index contributed by atoms with van der Waals surface area (Å²) in [5, 5.41) is 1.74. The van der Waals surface area contributed by atoms with Crippen molar-refractivity contribution in [3.8, 4) is 12.3 Å². The average molecular weight is 251 g/mol. The molecule has 0 fully saturated rings. The summed E-state index contributed by atoms with van der Waals surface area (Å²) < 4.78 is 0. The summed E-state index contributed by atoms with van der Waals surface area (Å²) in [6.07, 6.45) is 7.39. The SMILES string of the molecule is C#CCON1C(=C)C(C)=CC(C)=C1c1ccccc1. The summed E-state index contributed by atoms with van der Waals surface area (Å²) in [6, 6.07) is 10.1. The van der Waals surface area contributed by atoms with Crippen molar-refractivity contribution in [3.05, 3.63) is 65.4 Å². The topological polar surface area (TPSA) is 12.5 Å². The van der Waals surface area contributed by atoms with Crippen LogP contribution in [0.15, 0.2) is 59.8 Å². The number of rotatable bonds is 3. The van der Waals surface area contributed by atoms with Crippen LogP contribution in [0.2, 0.25) is 0 Å². The van der Waals surface area contributed by atoms with Crippen LogP contribution >= 0.6 is 0 Å². The molecule has 0 N–H and O–H groups in total. The standard InChI is InChI=1S/C17H17NO/c1-5-11-19-18-15(4)13(2)12-14(3)17(18)16-9-7-6-8-10-16/h1,6-10,12H,4,11H2,2-3H3. The highest BCUT2D eigenvalue weighted by Gasteiger charge is 2.22. The van der Waals surface area contributed by atoms with Crippen molar-refractivity contribution in [1.29, 1.82) is 0 Å². The fraction of sp³-hybridized carbons (Fsp3) is 0.176. The van der Waals surface area contributed by atoms with Gasteiger partial charge in [0.05, 0.1) is 11.4 Å². The molecule has 0 amide bonds. The summed E-state index contributed by atoms with van der Waals surface area (Å²) in [5.41, 5.74) is 5.11. The van der Waals surface area contributed by atoms with Crippen LogP contribution in [0.5, 0.6) is 0 Å². The van der Waals surface area contributed by atoms with E-state index in [-0.39, 0.29) is 6.61 Å². The highest BCUT2D eigenvalue weighted by atomic mass is 16.7. The van der Waals surface area contributed by atoms with Crippen molar-refractivity contribution in [1.82, 2.24) is 5.06 Å². The molecule has 0 radical (unpaired) electrons. The van der Waals surface area contributed by atoms with Crippen LogP contribution in [0.3, 0.4) is 0 Å². The normalized spacial score (nSPS) is 15.3. The number of hydrogen-bond donors (Lipinski definition) is 0. The van der Waals surface area contributed by atoms with Gasteiger partial charge in [-0.3, -0.25) is 4.84 Å². The van der Waals surface area contributed by atoms with Crippen molar-refractivity contribution in [2.75, 3.05) is 6.61 Å². The Morgan fingerprint density at radius 1 is 1.26 bits per heavy atom. The predicted molar refractivity (Wildman–Crippen MR) is 78.6 cm³/mol. The lowest BCUT2D eigenvalue weighted by Crippen LogP contribution is -2.25. The zero-order chi connectivity index (χ0) is 13.8. The van der Waals surface area contributed by atoms with Gasteiger partial charge in [-0.1, -0.05) is 48.9 Å². The Kier molecular flexibility index (Phi) is 3.89. The molecule has 1 aromatic carbocycles. The van der Waals surface area contributed by atoms with E-state index in [4.69, 9.17) is 11.3 Å². The Hall–Kier alpha value is -2.24. The smallest absolute Gasteiger partial charge is 0.136 e. The largest absolute Gasteiger partial charge is 0.256 e. The molecule has 0 bridgehead atoms. The third-order valence-electron chi connectivity index (χ3n) is 3.03. The molecule has 96 valence electrons. The lowest BCUT2D eigenvalue weighted by molar-refractivity contribution is -0.0627. The maximum atomic E-state index is 5.65. The Morgan fingerprint density at radius 2 is 1.95 bits per heavy atom. The molecule has 2 heteroatoms. The van der Waals surface area contributed by atoms with Gasteiger partial charge in [0, 0.05) is 5.56 Å². The molecule has 2 nitrogen and oxygen atoms in total. The second-order valence-corrected chi connectivity index (χ2v) is 4.44. The maximum Gasteiger partial charge on any atom is 0.136 e. The first-order valence-electron chi connectivity index (χ1n) is 6.15. The van der Waals surface area contributed by atoms with Crippen LogP contribution in [0.1, 0.15) is 19.4 Å². The molecule has 0 spiro atoms. The Labute approximate surface area is 114 Å². The minimum Gasteiger partial charge on any atom is -0.256 e. The van der Waals surface area contributed by atoms with Gasteiger partial charge in [-0.15, -0.1) is 6.42 Å². The Bertz CT molecular complexity index is 587. The summed E-state index contributed by atoms with van der Waals surface area (Å²) in [4.78, 5) is 5.65. The van der Waals surface area contributed by atoms with Crippen molar-refractivity contribution < 1.29 is 4.84 Å². The summed E-state index contributed by atoms with van der Waals surface area (Å²) in [7, 11) is 0. The zero-order valence-electron chi connectivity index (χ0n) is 11.3. The number of hydroxylamine groups is 2. The van der Waals surface area contributed by atoms with Gasteiger partial charge in [0.25, 0.3) is 0 Å². The van der Waals surface area contributed by atoms with E-state index in [1.807, 2.05) is 37.3 Å². The predicted octanol–water partition coefficient (Wildman–Crippen LogP) is 3.76. The number of terminal acetylenes is 1. The lowest BCUT2D eigenvalue weighted by Gasteiger charge is -2.32. The van der Waals surface area contributed by atoms with Crippen LogP contribution in [0, 0.1) is 12.3 Å². The van der Waals surface area contributed by atoms with E-state index in [0.29, 0.717) is 0 Å². The van der Waals surface area contributed by atoms with Crippen molar-refractivity contribution >= 4 is 5.70 Å². The quantitative estimate of drug-likeness (QED) is 0.758. The molecular formula is C17H17NO. The third kappa shape index (κ3) is 2.62. The van der Waals surface area contributed by atoms with Gasteiger partial charge in [0.2, 0.25) is 0 Å². The van der Waals surface area contributed by atoms with Gasteiger partial charge in [-0.2, -0.15) is 0 Å². The van der Waals surface area contributed by atoms with Crippen LogP contribution in [0.25, 0.3) is 5.70 Å². The summed E-state index contributed by atoms with van der Waals surface area (Å²) >= 11 is 0. The summed E-state index contributed by atoms with van der Waals surface area (Å²) in [5.74, 6) is 2.49. The molecule has 1 aliphatic rings. The first kappa shape index (κ1) is 13.2. The first-order chi connectivity index (χ1) is 9.15. The lowest BCUT2D eigenvalue weighted by atomic mass is 9.99. The average Bonchev–Trinajstić information content (AvgIpc) is 2.42. The van der Waals surface area contributed by atoms with Crippen LogP contribution in [-0.4, -0.2) is 11.7 Å². The number of benzene rings is 1. The molecule has 0 saturated heterocycles. The number of allylic oxidation sites excluding steroid dienone is 3. The van der Waals surface area contributed by atoms with Gasteiger partial charge < -0.3 is 0 Å². The van der Waals surface area contributed by atoms with Crippen LogP contribution in [-0.2, 0) is 4.84 Å². The minimum absolute atomic E-state index is 0.218. The zero-order valence-corrected chi connectivity index (χ0v) is 11.3. The van der Waals surface area contributed by atoms with E-state index in [0.717, 1.165) is 28.1 Å². The van der Waals surface area contributed by atoms with Gasteiger partial charge in [-0.25, -0.2) is 5.06 Å². The van der Waals surface area contributed by atoms with Gasteiger partial charge in [-0.05, 0) is 25.0 Å². The molecular weight excluding hydrogens is 234 g/mol. The highest BCUT2D eigenvalue weighted by Crippen LogP contribution is 2.34. The van der Waals surface area contributed by atoms with E-state index in [1.54, 1.807) is 5.06 Å². The van der Waals surface area contributed by atoms with Gasteiger partial charge in [0.1, 0.15) is 6.61 Å². The van der Waals surface area contributed by atoms with Crippen LogP contribution in [0.4, 0.5) is 0 Å². The molecule has 0 saturated carbocycles. The second kappa shape index (κ2) is 5.60. The van der Waals surface area contributed by atoms with Crippen molar-refractivity contribution in [2.24, 2.45) is 0 Å². The van der Waals surface area contributed by atoms with E-state index >= 15 is 0 Å². The van der Waals surface area contributed by atoms with E-state index in [2.05, 4.69) is 25.5 Å². The summed E-state index contributed by atoms with van der Waals surface area (Å²) in [6.45, 7) is 8.36. The van der Waals surface area contributed by atoms with Crippen molar-refractivity contribution in [3.63, 3.8) is 0 Å². The molecule has 1 aromatic rings. The van der Waals surface area contributed by atoms with Crippen LogP contribution < -0.4 is 0 Å². The molecule has 0 atom stereocenters. The minimum atomic E-state index is 0.218. The molecule has 0 unspecified atom stereocenters. The molecule has 19 heavy (non-hydrogen) atoms.